The molecule has 0 amide bonds. The first-order chi connectivity index (χ1) is 7.11. The minimum atomic E-state index is -0.401. The van der Waals surface area contributed by atoms with E-state index in [1.54, 1.807) is 11.3 Å². The standard InChI is InChI=1S/C11H16BrNOS/c1-2-3-11(14)7-13(8-11)5-9-4-10(12)15-6-9/h4,6,14H,2-3,5,7-8H2,1H3. The van der Waals surface area contributed by atoms with Crippen molar-refractivity contribution in [2.24, 2.45) is 0 Å². The molecule has 1 aromatic rings. The van der Waals surface area contributed by atoms with Crippen LogP contribution in [0.25, 0.3) is 0 Å². The van der Waals surface area contributed by atoms with E-state index in [4.69, 9.17) is 0 Å². The number of hydrogen-bond acceptors (Lipinski definition) is 3. The van der Waals surface area contributed by atoms with Gasteiger partial charge < -0.3 is 5.11 Å². The quantitative estimate of drug-likeness (QED) is 0.921. The van der Waals surface area contributed by atoms with E-state index < -0.39 is 5.60 Å². The molecule has 1 aromatic heterocycles. The van der Waals surface area contributed by atoms with E-state index in [0.717, 1.165) is 32.5 Å². The topological polar surface area (TPSA) is 23.5 Å². The fourth-order valence-electron chi connectivity index (χ4n) is 2.21. The van der Waals surface area contributed by atoms with Crippen LogP contribution >= 0.6 is 27.3 Å². The highest BCUT2D eigenvalue weighted by Gasteiger charge is 2.39. The second-order valence-electron chi connectivity index (χ2n) is 4.38. The van der Waals surface area contributed by atoms with Gasteiger partial charge in [-0.1, -0.05) is 13.3 Å². The first-order valence-electron chi connectivity index (χ1n) is 5.29. The maximum absolute atomic E-state index is 10.0. The molecule has 1 aliphatic heterocycles. The Morgan fingerprint density at radius 3 is 2.87 bits per heavy atom. The highest BCUT2D eigenvalue weighted by molar-refractivity contribution is 9.11. The van der Waals surface area contributed by atoms with Crippen molar-refractivity contribution >= 4 is 27.3 Å². The lowest BCUT2D eigenvalue weighted by Crippen LogP contribution is -2.60. The van der Waals surface area contributed by atoms with Gasteiger partial charge in [0.05, 0.1) is 9.39 Å². The van der Waals surface area contributed by atoms with Gasteiger partial charge in [0.1, 0.15) is 0 Å². The third-order valence-electron chi connectivity index (χ3n) is 2.78. The third-order valence-corrected chi connectivity index (χ3v) is 4.33. The molecule has 84 valence electrons. The number of halogens is 1. The molecule has 2 nitrogen and oxygen atoms in total. The molecule has 1 saturated heterocycles. The molecule has 0 saturated carbocycles. The molecule has 0 radical (unpaired) electrons. The summed E-state index contributed by atoms with van der Waals surface area (Å²) in [5.74, 6) is 0. The van der Waals surface area contributed by atoms with Gasteiger partial charge in [-0.3, -0.25) is 4.90 Å². The first-order valence-corrected chi connectivity index (χ1v) is 6.96. The van der Waals surface area contributed by atoms with Crippen LogP contribution in [-0.2, 0) is 6.54 Å². The Labute approximate surface area is 103 Å². The van der Waals surface area contributed by atoms with Gasteiger partial charge in [0.25, 0.3) is 0 Å². The maximum atomic E-state index is 10.0. The van der Waals surface area contributed by atoms with Crippen molar-refractivity contribution in [1.29, 1.82) is 0 Å². The monoisotopic (exact) mass is 289 g/mol. The van der Waals surface area contributed by atoms with E-state index in [1.807, 2.05) is 0 Å². The van der Waals surface area contributed by atoms with Crippen molar-refractivity contribution < 1.29 is 5.11 Å². The zero-order chi connectivity index (χ0) is 10.9. The van der Waals surface area contributed by atoms with Crippen LogP contribution in [0.4, 0.5) is 0 Å². The third kappa shape index (κ3) is 2.81. The lowest BCUT2D eigenvalue weighted by atomic mass is 9.89. The Morgan fingerprint density at radius 1 is 1.60 bits per heavy atom. The highest BCUT2D eigenvalue weighted by Crippen LogP contribution is 2.29. The lowest BCUT2D eigenvalue weighted by Gasteiger charge is -2.46. The van der Waals surface area contributed by atoms with E-state index >= 15 is 0 Å². The van der Waals surface area contributed by atoms with Crippen molar-refractivity contribution in [3.63, 3.8) is 0 Å². The summed E-state index contributed by atoms with van der Waals surface area (Å²) in [6.45, 7) is 4.74. The number of hydrogen-bond donors (Lipinski definition) is 1. The van der Waals surface area contributed by atoms with Crippen LogP contribution in [0.1, 0.15) is 25.3 Å². The average molecular weight is 290 g/mol. The molecule has 0 aliphatic carbocycles. The van der Waals surface area contributed by atoms with Crippen molar-refractivity contribution in [2.45, 2.75) is 31.9 Å². The Hall–Kier alpha value is 0.100. The molecule has 1 aliphatic rings. The van der Waals surface area contributed by atoms with Gasteiger partial charge in [0, 0.05) is 19.6 Å². The second-order valence-corrected chi connectivity index (χ2v) is 6.67. The highest BCUT2D eigenvalue weighted by atomic mass is 79.9. The Kier molecular flexibility index (Phi) is 3.50. The molecular weight excluding hydrogens is 274 g/mol. The minimum Gasteiger partial charge on any atom is -0.387 e. The van der Waals surface area contributed by atoms with Crippen LogP contribution in [0, 0.1) is 0 Å². The summed E-state index contributed by atoms with van der Waals surface area (Å²) >= 11 is 5.18. The van der Waals surface area contributed by atoms with Gasteiger partial charge in [0.15, 0.2) is 0 Å². The lowest BCUT2D eigenvalue weighted by molar-refractivity contribution is -0.106. The number of aliphatic hydroxyl groups is 1. The van der Waals surface area contributed by atoms with Gasteiger partial charge in [-0.15, -0.1) is 11.3 Å². The van der Waals surface area contributed by atoms with Gasteiger partial charge in [-0.2, -0.15) is 0 Å². The molecule has 0 unspecified atom stereocenters. The van der Waals surface area contributed by atoms with Crippen LogP contribution in [0.3, 0.4) is 0 Å². The average Bonchev–Trinajstić information content (AvgIpc) is 2.49. The number of β-amino-alcohol motifs (C(OH)–C–C–N with tert-alkyl or cyclic N) is 1. The molecular formula is C11H16BrNOS. The van der Waals surface area contributed by atoms with Gasteiger partial charge in [-0.05, 0) is 39.4 Å². The van der Waals surface area contributed by atoms with Crippen LogP contribution in [0.2, 0.25) is 0 Å². The zero-order valence-corrected chi connectivity index (χ0v) is 11.3. The Balaban J connectivity index is 1.80. The van der Waals surface area contributed by atoms with E-state index in [0.29, 0.717) is 0 Å². The predicted octanol–water partition coefficient (Wildman–Crippen LogP) is 2.86. The predicted molar refractivity (Wildman–Crippen MR) is 67.2 cm³/mol. The molecule has 2 rings (SSSR count). The van der Waals surface area contributed by atoms with Crippen LogP contribution < -0.4 is 0 Å². The number of thiophene rings is 1. The largest absolute Gasteiger partial charge is 0.387 e. The van der Waals surface area contributed by atoms with Crippen LogP contribution in [0.15, 0.2) is 15.2 Å². The summed E-state index contributed by atoms with van der Waals surface area (Å²) in [5, 5.41) is 12.2. The normalized spacial score (nSPS) is 20.2. The molecule has 0 aromatic carbocycles. The molecule has 0 bridgehead atoms. The van der Waals surface area contributed by atoms with Crippen molar-refractivity contribution in [3.05, 3.63) is 20.8 Å². The smallest absolute Gasteiger partial charge is 0.0900 e. The first kappa shape index (κ1) is 11.6. The summed E-state index contributed by atoms with van der Waals surface area (Å²) in [4.78, 5) is 2.30. The number of likely N-dealkylation sites (tertiary alicyclic amines) is 1. The zero-order valence-electron chi connectivity index (χ0n) is 8.87. The van der Waals surface area contributed by atoms with Crippen molar-refractivity contribution in [2.75, 3.05) is 13.1 Å². The Bertz CT molecular complexity index is 333. The summed E-state index contributed by atoms with van der Waals surface area (Å²) in [7, 11) is 0. The summed E-state index contributed by atoms with van der Waals surface area (Å²) < 4.78 is 1.18. The second kappa shape index (κ2) is 4.53. The summed E-state index contributed by atoms with van der Waals surface area (Å²) in [6.07, 6.45) is 1.99. The molecule has 1 fully saturated rings. The van der Waals surface area contributed by atoms with Gasteiger partial charge >= 0.3 is 0 Å². The van der Waals surface area contributed by atoms with Crippen LogP contribution in [0.5, 0.6) is 0 Å². The Morgan fingerprint density at radius 2 is 2.33 bits per heavy atom. The molecule has 4 heteroatoms. The van der Waals surface area contributed by atoms with E-state index in [1.165, 1.54) is 9.35 Å². The molecule has 1 N–H and O–H groups in total. The fraction of sp³-hybridized carbons (Fsp3) is 0.636. The fourth-order valence-corrected chi connectivity index (χ4v) is 3.41. The molecule has 15 heavy (non-hydrogen) atoms. The summed E-state index contributed by atoms with van der Waals surface area (Å²) in [6, 6.07) is 2.15. The van der Waals surface area contributed by atoms with Crippen molar-refractivity contribution in [1.82, 2.24) is 4.90 Å². The van der Waals surface area contributed by atoms with E-state index in [9.17, 15) is 5.11 Å². The number of nitrogens with zero attached hydrogens (tertiary/aromatic N) is 1. The maximum Gasteiger partial charge on any atom is 0.0900 e. The van der Waals surface area contributed by atoms with E-state index in [2.05, 4.69) is 39.2 Å². The summed E-state index contributed by atoms with van der Waals surface area (Å²) in [5.41, 5.74) is 0.938. The number of rotatable bonds is 4. The SMILES string of the molecule is CCCC1(O)CN(Cc2csc(Br)c2)C1. The molecule has 0 atom stereocenters. The van der Waals surface area contributed by atoms with Crippen molar-refractivity contribution in [3.8, 4) is 0 Å². The molecule has 2 heterocycles. The minimum absolute atomic E-state index is 0.401. The van der Waals surface area contributed by atoms with Gasteiger partial charge in [-0.25, -0.2) is 0 Å². The van der Waals surface area contributed by atoms with Crippen LogP contribution in [-0.4, -0.2) is 28.7 Å². The van der Waals surface area contributed by atoms with E-state index in [-0.39, 0.29) is 0 Å². The van der Waals surface area contributed by atoms with Gasteiger partial charge in [0.2, 0.25) is 0 Å². The molecule has 0 spiro atoms.